The summed E-state index contributed by atoms with van der Waals surface area (Å²) in [6, 6.07) is 5.49. The van der Waals surface area contributed by atoms with Gasteiger partial charge in [0.25, 0.3) is 5.91 Å². The molecule has 0 aliphatic carbocycles. The fourth-order valence-electron chi connectivity index (χ4n) is 3.52. The first-order valence-electron chi connectivity index (χ1n) is 10.7. The second-order valence-electron chi connectivity index (χ2n) is 8.17. The summed E-state index contributed by atoms with van der Waals surface area (Å²) in [7, 11) is 0. The van der Waals surface area contributed by atoms with Gasteiger partial charge in [0.1, 0.15) is 17.1 Å². The maximum Gasteiger partial charge on any atom is 0.325 e. The van der Waals surface area contributed by atoms with Crippen LogP contribution in [0, 0.1) is 11.6 Å². The highest BCUT2D eigenvalue weighted by Crippen LogP contribution is 2.35. The van der Waals surface area contributed by atoms with E-state index in [1.165, 1.54) is 34.6 Å². The number of amides is 3. The first kappa shape index (κ1) is 24.2. The van der Waals surface area contributed by atoms with Gasteiger partial charge in [-0.2, -0.15) is 0 Å². The molecule has 2 aromatic heterocycles. The SMILES string of the molecule is C=CCN(c1ccc(F)cc1)c1ncc(-c2nc(NCCN3C(=O)NC(=O)C3(C)C)ncc2F)s1. The average Bonchev–Trinajstić information content (AvgIpc) is 3.37. The Hall–Kier alpha value is -3.93. The lowest BCUT2D eigenvalue weighted by Crippen LogP contribution is -2.46. The van der Waals surface area contributed by atoms with E-state index in [4.69, 9.17) is 0 Å². The Morgan fingerprint density at radius 1 is 1.20 bits per heavy atom. The number of urea groups is 1. The van der Waals surface area contributed by atoms with E-state index < -0.39 is 17.4 Å². The van der Waals surface area contributed by atoms with E-state index in [9.17, 15) is 18.4 Å². The van der Waals surface area contributed by atoms with Gasteiger partial charge >= 0.3 is 6.03 Å². The minimum Gasteiger partial charge on any atom is -0.352 e. The van der Waals surface area contributed by atoms with Gasteiger partial charge in [0.2, 0.25) is 5.95 Å². The molecular weight excluding hydrogens is 476 g/mol. The number of imide groups is 1. The van der Waals surface area contributed by atoms with Crippen molar-refractivity contribution in [3.63, 3.8) is 0 Å². The molecule has 12 heteroatoms. The number of carbonyl (C=O) groups is 2. The molecule has 1 aliphatic heterocycles. The lowest BCUT2D eigenvalue weighted by Gasteiger charge is -2.27. The number of aromatic nitrogens is 3. The number of anilines is 3. The zero-order chi connectivity index (χ0) is 25.2. The molecule has 3 amide bonds. The molecule has 0 unspecified atom stereocenters. The lowest BCUT2D eigenvalue weighted by atomic mass is 10.0. The molecule has 182 valence electrons. The number of thiazole rings is 1. The molecule has 1 aliphatic rings. The van der Waals surface area contributed by atoms with Crippen molar-refractivity contribution < 1.29 is 18.4 Å². The van der Waals surface area contributed by atoms with Gasteiger partial charge < -0.3 is 15.1 Å². The quantitative estimate of drug-likeness (QED) is 0.340. The molecule has 0 radical (unpaired) electrons. The minimum atomic E-state index is -0.964. The molecule has 0 atom stereocenters. The van der Waals surface area contributed by atoms with Crippen LogP contribution in [-0.4, -0.2) is 57.0 Å². The number of nitrogens with one attached hydrogen (secondary N) is 2. The summed E-state index contributed by atoms with van der Waals surface area (Å²) in [5.74, 6) is -1.17. The molecule has 3 heterocycles. The van der Waals surface area contributed by atoms with Crippen molar-refractivity contribution in [1.29, 1.82) is 0 Å². The smallest absolute Gasteiger partial charge is 0.325 e. The van der Waals surface area contributed by atoms with Crippen molar-refractivity contribution >= 4 is 40.0 Å². The molecule has 1 saturated heterocycles. The second kappa shape index (κ2) is 9.74. The average molecular weight is 500 g/mol. The Labute approximate surface area is 204 Å². The van der Waals surface area contributed by atoms with Crippen molar-refractivity contribution in [2.45, 2.75) is 19.4 Å². The number of hydrogen-bond acceptors (Lipinski definition) is 8. The highest BCUT2D eigenvalue weighted by atomic mass is 32.1. The third kappa shape index (κ3) is 4.97. The predicted molar refractivity (Wildman–Crippen MR) is 130 cm³/mol. The summed E-state index contributed by atoms with van der Waals surface area (Å²) >= 11 is 1.22. The van der Waals surface area contributed by atoms with Crippen LogP contribution in [0.25, 0.3) is 10.6 Å². The van der Waals surface area contributed by atoms with Crippen LogP contribution in [0.3, 0.4) is 0 Å². The first-order chi connectivity index (χ1) is 16.7. The molecule has 0 spiro atoms. The molecule has 0 bridgehead atoms. The molecule has 0 saturated carbocycles. The van der Waals surface area contributed by atoms with E-state index >= 15 is 0 Å². The maximum absolute atomic E-state index is 14.6. The number of halogens is 2. The predicted octanol–water partition coefficient (Wildman–Crippen LogP) is 3.94. The summed E-state index contributed by atoms with van der Waals surface area (Å²) in [5.41, 5.74) is -0.183. The molecule has 3 aromatic rings. The van der Waals surface area contributed by atoms with Gasteiger partial charge in [0.15, 0.2) is 10.9 Å². The molecule has 35 heavy (non-hydrogen) atoms. The van der Waals surface area contributed by atoms with E-state index in [1.807, 2.05) is 4.90 Å². The summed E-state index contributed by atoms with van der Waals surface area (Å²) in [6.45, 7) is 7.96. The Bertz CT molecular complexity index is 1260. The van der Waals surface area contributed by atoms with Crippen LogP contribution in [0.2, 0.25) is 0 Å². The summed E-state index contributed by atoms with van der Waals surface area (Å²) in [5, 5.41) is 5.81. The van der Waals surface area contributed by atoms with Gasteiger partial charge in [0.05, 0.1) is 11.1 Å². The first-order valence-corrected chi connectivity index (χ1v) is 11.5. The van der Waals surface area contributed by atoms with Crippen molar-refractivity contribution in [1.82, 2.24) is 25.2 Å². The van der Waals surface area contributed by atoms with Gasteiger partial charge in [-0.1, -0.05) is 17.4 Å². The van der Waals surface area contributed by atoms with Gasteiger partial charge in [-0.25, -0.2) is 28.5 Å². The van der Waals surface area contributed by atoms with Gasteiger partial charge in [-0.15, -0.1) is 6.58 Å². The van der Waals surface area contributed by atoms with Crippen LogP contribution in [0.4, 0.5) is 30.3 Å². The number of carbonyl (C=O) groups excluding carboxylic acids is 2. The Balaban J connectivity index is 1.50. The zero-order valence-electron chi connectivity index (χ0n) is 19.1. The van der Waals surface area contributed by atoms with E-state index in [0.29, 0.717) is 22.2 Å². The molecule has 1 fully saturated rings. The van der Waals surface area contributed by atoms with Crippen LogP contribution in [-0.2, 0) is 4.79 Å². The Kier molecular flexibility index (Phi) is 6.74. The Morgan fingerprint density at radius 3 is 2.60 bits per heavy atom. The van der Waals surface area contributed by atoms with E-state index in [-0.39, 0.29) is 36.5 Å². The Morgan fingerprint density at radius 2 is 1.94 bits per heavy atom. The summed E-state index contributed by atoms with van der Waals surface area (Å²) < 4.78 is 27.9. The highest BCUT2D eigenvalue weighted by Gasteiger charge is 2.45. The van der Waals surface area contributed by atoms with E-state index in [2.05, 4.69) is 32.2 Å². The maximum atomic E-state index is 14.6. The number of rotatable bonds is 9. The van der Waals surface area contributed by atoms with Crippen LogP contribution in [0.5, 0.6) is 0 Å². The van der Waals surface area contributed by atoms with Crippen LogP contribution >= 0.6 is 11.3 Å². The van der Waals surface area contributed by atoms with Crippen molar-refractivity contribution in [3.05, 3.63) is 60.9 Å². The molecule has 1 aromatic carbocycles. The lowest BCUT2D eigenvalue weighted by molar-refractivity contribution is -0.125. The highest BCUT2D eigenvalue weighted by molar-refractivity contribution is 7.18. The number of nitrogens with zero attached hydrogens (tertiary/aromatic N) is 5. The number of benzene rings is 1. The summed E-state index contributed by atoms with van der Waals surface area (Å²) in [4.78, 5) is 40.2. The zero-order valence-corrected chi connectivity index (χ0v) is 19.9. The topological polar surface area (TPSA) is 103 Å². The van der Waals surface area contributed by atoms with E-state index in [0.717, 1.165) is 6.20 Å². The van der Waals surface area contributed by atoms with E-state index in [1.54, 1.807) is 32.1 Å². The normalized spacial score (nSPS) is 14.7. The minimum absolute atomic E-state index is 0.0679. The molecule has 9 nitrogen and oxygen atoms in total. The van der Waals surface area contributed by atoms with Crippen LogP contribution in [0.15, 0.2) is 49.3 Å². The fraction of sp³-hybridized carbons (Fsp3) is 0.261. The largest absolute Gasteiger partial charge is 0.352 e. The van der Waals surface area contributed by atoms with Crippen molar-refractivity contribution in [2.24, 2.45) is 0 Å². The molecule has 4 rings (SSSR count). The van der Waals surface area contributed by atoms with Crippen molar-refractivity contribution in [2.75, 3.05) is 29.9 Å². The second-order valence-corrected chi connectivity index (χ2v) is 9.18. The molecule has 2 N–H and O–H groups in total. The van der Waals surface area contributed by atoms with Crippen LogP contribution in [0.1, 0.15) is 13.8 Å². The standard InChI is InChI=1S/C23H23F2N7O2S/c1-4-10-31(15-7-5-14(24)6-8-15)22-28-13-17(35-22)18-16(25)12-27-20(29-18)26-9-11-32-21(34)30-19(33)23(32,2)3/h4-8,12-13H,1,9-11H2,2-3H3,(H,26,27,29)(H,30,33,34). The fourth-order valence-corrected chi connectivity index (χ4v) is 4.46. The van der Waals surface area contributed by atoms with Gasteiger partial charge in [0, 0.05) is 31.5 Å². The molecular formula is C23H23F2N7O2S. The third-order valence-corrected chi connectivity index (χ3v) is 6.49. The number of hydrogen-bond donors (Lipinski definition) is 2. The third-order valence-electron chi connectivity index (χ3n) is 5.47. The van der Waals surface area contributed by atoms with Crippen LogP contribution < -0.4 is 15.5 Å². The van der Waals surface area contributed by atoms with Gasteiger partial charge in [-0.3, -0.25) is 10.1 Å². The summed E-state index contributed by atoms with van der Waals surface area (Å²) in [6.07, 6.45) is 4.26. The van der Waals surface area contributed by atoms with Gasteiger partial charge in [-0.05, 0) is 38.1 Å². The monoisotopic (exact) mass is 499 g/mol. The van der Waals surface area contributed by atoms with Crippen molar-refractivity contribution in [3.8, 4) is 10.6 Å².